The van der Waals surface area contributed by atoms with E-state index in [-0.39, 0.29) is 17.2 Å². The SMILES string of the molecule is CSC(C)Nc1cc(Cl)ccc1C(=O)Nc1ccc2c(c1)N(C)C(=O)CC2. The van der Waals surface area contributed by atoms with Gasteiger partial charge in [0.15, 0.2) is 0 Å². The zero-order valence-electron chi connectivity index (χ0n) is 15.5. The number of nitrogens with one attached hydrogen (secondary N) is 2. The van der Waals surface area contributed by atoms with Crippen LogP contribution in [-0.2, 0) is 11.2 Å². The summed E-state index contributed by atoms with van der Waals surface area (Å²) in [5, 5.41) is 6.93. The van der Waals surface area contributed by atoms with Crippen molar-refractivity contribution in [1.82, 2.24) is 0 Å². The Balaban J connectivity index is 1.85. The fourth-order valence-electron chi connectivity index (χ4n) is 3.02. The maximum atomic E-state index is 12.8. The lowest BCUT2D eigenvalue weighted by atomic mass is 10.0. The fraction of sp³-hybridized carbons (Fsp3) is 0.300. The zero-order chi connectivity index (χ0) is 19.6. The number of carbonyl (C=O) groups is 2. The molecule has 1 heterocycles. The lowest BCUT2D eigenvalue weighted by Gasteiger charge is -2.26. The molecule has 1 unspecified atom stereocenters. The molecule has 2 aromatic carbocycles. The lowest BCUT2D eigenvalue weighted by molar-refractivity contribution is -0.118. The molecule has 2 aromatic rings. The minimum absolute atomic E-state index is 0.0845. The Morgan fingerprint density at radius 1 is 1.22 bits per heavy atom. The van der Waals surface area contributed by atoms with Crippen molar-refractivity contribution >= 4 is 52.2 Å². The first-order valence-electron chi connectivity index (χ1n) is 8.68. The molecular formula is C20H22ClN3O2S. The highest BCUT2D eigenvalue weighted by Crippen LogP contribution is 2.30. The Bertz CT molecular complexity index is 888. The van der Waals surface area contributed by atoms with Crippen molar-refractivity contribution in [2.45, 2.75) is 25.1 Å². The summed E-state index contributed by atoms with van der Waals surface area (Å²) in [4.78, 5) is 26.4. The van der Waals surface area contributed by atoms with Crippen LogP contribution in [0.1, 0.15) is 29.3 Å². The Hall–Kier alpha value is -2.18. The van der Waals surface area contributed by atoms with E-state index in [0.29, 0.717) is 28.4 Å². The average molecular weight is 404 g/mol. The van der Waals surface area contributed by atoms with Gasteiger partial charge in [0.1, 0.15) is 0 Å². The number of carbonyl (C=O) groups excluding carboxylic acids is 2. The van der Waals surface area contributed by atoms with Gasteiger partial charge < -0.3 is 15.5 Å². The van der Waals surface area contributed by atoms with Crippen molar-refractivity contribution in [2.75, 3.05) is 28.8 Å². The Kier molecular flexibility index (Phi) is 5.97. The van der Waals surface area contributed by atoms with Gasteiger partial charge in [0.05, 0.1) is 10.9 Å². The largest absolute Gasteiger partial charge is 0.373 e. The molecule has 3 rings (SSSR count). The standard InChI is InChI=1S/C20H22ClN3O2S/c1-12(27-3)22-17-10-14(21)6-8-16(17)20(26)23-15-7-4-13-5-9-19(25)24(2)18(13)11-15/h4,6-8,10-12,22H,5,9H2,1-3H3,(H,23,26). The second kappa shape index (κ2) is 8.23. The van der Waals surface area contributed by atoms with Crippen molar-refractivity contribution in [3.8, 4) is 0 Å². The number of anilines is 3. The Morgan fingerprint density at radius 3 is 2.74 bits per heavy atom. The van der Waals surface area contributed by atoms with Gasteiger partial charge in [-0.25, -0.2) is 0 Å². The summed E-state index contributed by atoms with van der Waals surface area (Å²) in [6, 6.07) is 10.8. The maximum Gasteiger partial charge on any atom is 0.257 e. The third-order valence-electron chi connectivity index (χ3n) is 4.63. The first-order chi connectivity index (χ1) is 12.9. The summed E-state index contributed by atoms with van der Waals surface area (Å²) in [7, 11) is 1.76. The molecule has 0 spiro atoms. The van der Waals surface area contributed by atoms with Gasteiger partial charge in [-0.05, 0) is 55.5 Å². The quantitative estimate of drug-likeness (QED) is 0.715. The van der Waals surface area contributed by atoms with Gasteiger partial charge in [-0.2, -0.15) is 0 Å². The van der Waals surface area contributed by atoms with Crippen molar-refractivity contribution in [1.29, 1.82) is 0 Å². The van der Waals surface area contributed by atoms with Gasteiger partial charge in [0, 0.05) is 35.6 Å². The monoisotopic (exact) mass is 403 g/mol. The summed E-state index contributed by atoms with van der Waals surface area (Å²) in [5.74, 6) is -0.145. The molecule has 0 radical (unpaired) electrons. The third kappa shape index (κ3) is 4.39. The van der Waals surface area contributed by atoms with E-state index in [1.54, 1.807) is 41.9 Å². The van der Waals surface area contributed by atoms with Crippen LogP contribution in [0.5, 0.6) is 0 Å². The van der Waals surface area contributed by atoms with Crippen LogP contribution in [0, 0.1) is 0 Å². The lowest BCUT2D eigenvalue weighted by Crippen LogP contribution is -2.31. The van der Waals surface area contributed by atoms with Gasteiger partial charge >= 0.3 is 0 Å². The van der Waals surface area contributed by atoms with Gasteiger partial charge in [0.2, 0.25) is 5.91 Å². The van der Waals surface area contributed by atoms with Crippen LogP contribution in [0.3, 0.4) is 0 Å². The predicted molar refractivity (Wildman–Crippen MR) is 114 cm³/mol. The van der Waals surface area contributed by atoms with Gasteiger partial charge in [-0.3, -0.25) is 9.59 Å². The topological polar surface area (TPSA) is 61.4 Å². The number of thioether (sulfide) groups is 1. The number of rotatable bonds is 5. The molecule has 0 fully saturated rings. The number of benzene rings is 2. The molecule has 0 saturated carbocycles. The van der Waals surface area contributed by atoms with Crippen LogP contribution in [0.2, 0.25) is 5.02 Å². The minimum atomic E-state index is -0.229. The second-order valence-corrected chi connectivity index (χ2v) is 8.08. The predicted octanol–water partition coefficient (Wildman–Crippen LogP) is 4.62. The smallest absolute Gasteiger partial charge is 0.257 e. The summed E-state index contributed by atoms with van der Waals surface area (Å²) < 4.78 is 0. The number of hydrogen-bond acceptors (Lipinski definition) is 4. The van der Waals surface area contributed by atoms with Crippen LogP contribution in [0.25, 0.3) is 0 Å². The number of amides is 2. The number of nitrogens with zero attached hydrogens (tertiary/aromatic N) is 1. The highest BCUT2D eigenvalue weighted by Gasteiger charge is 2.21. The molecule has 142 valence electrons. The highest BCUT2D eigenvalue weighted by molar-refractivity contribution is 7.99. The van der Waals surface area contributed by atoms with E-state index in [2.05, 4.69) is 10.6 Å². The number of aryl methyl sites for hydroxylation is 1. The molecule has 5 nitrogen and oxygen atoms in total. The van der Waals surface area contributed by atoms with E-state index >= 15 is 0 Å². The second-order valence-electron chi connectivity index (χ2n) is 6.46. The van der Waals surface area contributed by atoms with Crippen LogP contribution in [0.4, 0.5) is 17.1 Å². The molecule has 2 amide bonds. The molecule has 7 heteroatoms. The van der Waals surface area contributed by atoms with Gasteiger partial charge in [-0.1, -0.05) is 17.7 Å². The number of hydrogen-bond donors (Lipinski definition) is 2. The summed E-state index contributed by atoms with van der Waals surface area (Å²) >= 11 is 7.74. The highest BCUT2D eigenvalue weighted by atomic mass is 35.5. The molecule has 0 saturated heterocycles. The van der Waals surface area contributed by atoms with Crippen LogP contribution >= 0.6 is 23.4 Å². The summed E-state index contributed by atoms with van der Waals surface area (Å²) in [6.07, 6.45) is 3.24. The van der Waals surface area contributed by atoms with Crippen LogP contribution in [-0.4, -0.2) is 30.5 Å². The van der Waals surface area contributed by atoms with Crippen LogP contribution < -0.4 is 15.5 Å². The van der Waals surface area contributed by atoms with Crippen molar-refractivity contribution < 1.29 is 9.59 Å². The molecule has 2 N–H and O–H groups in total. The first kappa shape index (κ1) is 19.6. The van der Waals surface area contributed by atoms with E-state index < -0.39 is 0 Å². The molecule has 27 heavy (non-hydrogen) atoms. The van der Waals surface area contributed by atoms with E-state index in [9.17, 15) is 9.59 Å². The van der Waals surface area contributed by atoms with Crippen molar-refractivity contribution in [2.24, 2.45) is 0 Å². The third-order valence-corrected chi connectivity index (χ3v) is 5.69. The molecule has 1 aliphatic rings. The Labute approximate surface area is 168 Å². The normalized spacial score (nSPS) is 14.5. The number of fused-ring (bicyclic) bond motifs is 1. The van der Waals surface area contributed by atoms with E-state index in [1.165, 1.54) is 0 Å². The molecule has 1 atom stereocenters. The van der Waals surface area contributed by atoms with Gasteiger partial charge in [0.25, 0.3) is 5.91 Å². The molecule has 0 aromatic heterocycles. The molecular weight excluding hydrogens is 382 g/mol. The van der Waals surface area contributed by atoms with E-state index in [4.69, 9.17) is 11.6 Å². The summed E-state index contributed by atoms with van der Waals surface area (Å²) in [6.45, 7) is 2.02. The van der Waals surface area contributed by atoms with E-state index in [0.717, 1.165) is 17.7 Å². The average Bonchev–Trinajstić information content (AvgIpc) is 2.65. The maximum absolute atomic E-state index is 12.8. The zero-order valence-corrected chi connectivity index (χ0v) is 17.1. The molecule has 1 aliphatic heterocycles. The molecule has 0 aliphatic carbocycles. The van der Waals surface area contributed by atoms with E-state index in [1.807, 2.05) is 31.4 Å². The first-order valence-corrected chi connectivity index (χ1v) is 10.4. The van der Waals surface area contributed by atoms with Crippen molar-refractivity contribution in [3.63, 3.8) is 0 Å². The van der Waals surface area contributed by atoms with Crippen molar-refractivity contribution in [3.05, 3.63) is 52.5 Å². The fourth-order valence-corrected chi connectivity index (χ4v) is 3.44. The minimum Gasteiger partial charge on any atom is -0.373 e. The number of halogens is 1. The molecule has 0 bridgehead atoms. The Morgan fingerprint density at radius 2 is 2.00 bits per heavy atom. The van der Waals surface area contributed by atoms with Crippen LogP contribution in [0.15, 0.2) is 36.4 Å². The summed E-state index contributed by atoms with van der Waals surface area (Å²) in [5.41, 5.74) is 3.81. The van der Waals surface area contributed by atoms with Gasteiger partial charge in [-0.15, -0.1) is 11.8 Å².